The molecule has 5 N–H and O–H groups in total. The van der Waals surface area contributed by atoms with Gasteiger partial charge in [-0.3, -0.25) is 11.3 Å². The fraction of sp³-hybridized carbons (Fsp3) is 1.00. The van der Waals surface area contributed by atoms with Gasteiger partial charge in [-0.2, -0.15) is 0 Å². The van der Waals surface area contributed by atoms with Crippen molar-refractivity contribution in [3.05, 3.63) is 0 Å². The Morgan fingerprint density at radius 2 is 2.09 bits per heavy atom. The summed E-state index contributed by atoms with van der Waals surface area (Å²) in [5.41, 5.74) is 8.24. The van der Waals surface area contributed by atoms with Crippen LogP contribution in [0, 0.1) is 5.92 Å². The molecule has 0 aliphatic carbocycles. The molecule has 11 heavy (non-hydrogen) atoms. The van der Waals surface area contributed by atoms with E-state index in [1.807, 2.05) is 0 Å². The summed E-state index contributed by atoms with van der Waals surface area (Å²) < 4.78 is 0. The van der Waals surface area contributed by atoms with Gasteiger partial charge in [0.15, 0.2) is 0 Å². The van der Waals surface area contributed by atoms with Crippen molar-refractivity contribution in [1.82, 2.24) is 5.43 Å². The van der Waals surface area contributed by atoms with Gasteiger partial charge in [0, 0.05) is 6.54 Å². The van der Waals surface area contributed by atoms with Crippen molar-refractivity contribution in [1.29, 1.82) is 0 Å². The molecule has 0 aliphatic rings. The summed E-state index contributed by atoms with van der Waals surface area (Å²) in [6.45, 7) is 3.92. The molecule has 0 saturated heterocycles. The van der Waals surface area contributed by atoms with Gasteiger partial charge in [0.2, 0.25) is 0 Å². The Morgan fingerprint density at radius 3 is 2.55 bits per heavy atom. The highest BCUT2D eigenvalue weighted by atomic mass is 15.2. The molecule has 0 rings (SSSR count). The molecule has 0 aromatic carbocycles. The average Bonchev–Trinajstić information content (AvgIpc) is 2.03. The highest BCUT2D eigenvalue weighted by Gasteiger charge is 2.03. The molecule has 0 heterocycles. The summed E-state index contributed by atoms with van der Waals surface area (Å²) in [4.78, 5) is 0. The molecule has 0 radical (unpaired) electrons. The summed E-state index contributed by atoms with van der Waals surface area (Å²) >= 11 is 0. The van der Waals surface area contributed by atoms with Crippen LogP contribution in [0.15, 0.2) is 0 Å². The van der Waals surface area contributed by atoms with Crippen LogP contribution in [0.25, 0.3) is 0 Å². The van der Waals surface area contributed by atoms with Crippen molar-refractivity contribution in [3.63, 3.8) is 0 Å². The van der Waals surface area contributed by atoms with Gasteiger partial charge in [-0.05, 0) is 31.7 Å². The van der Waals surface area contributed by atoms with E-state index in [9.17, 15) is 0 Å². The summed E-state index contributed by atoms with van der Waals surface area (Å²) in [6.07, 6.45) is 4.83. The summed E-state index contributed by atoms with van der Waals surface area (Å²) in [6, 6.07) is 0. The van der Waals surface area contributed by atoms with E-state index >= 15 is 0 Å². The van der Waals surface area contributed by atoms with Crippen LogP contribution >= 0.6 is 0 Å². The van der Waals surface area contributed by atoms with Crippen LogP contribution < -0.4 is 17.0 Å². The van der Waals surface area contributed by atoms with Crippen LogP contribution in [0.4, 0.5) is 0 Å². The predicted molar refractivity (Wildman–Crippen MR) is 48.9 cm³/mol. The standard InChI is InChI=1S/C8H21N3/c1-2-4-8(7-9)5-3-6-11-10/h8,11H,2-7,9-10H2,1H3. The Hall–Kier alpha value is -0.120. The maximum absolute atomic E-state index is 5.59. The monoisotopic (exact) mass is 159 g/mol. The molecule has 0 amide bonds. The summed E-state index contributed by atoms with van der Waals surface area (Å²) in [5.74, 6) is 5.85. The van der Waals surface area contributed by atoms with Gasteiger partial charge in [0.25, 0.3) is 0 Å². The number of rotatable bonds is 7. The van der Waals surface area contributed by atoms with E-state index in [1.54, 1.807) is 0 Å². The Balaban J connectivity index is 3.20. The van der Waals surface area contributed by atoms with Crippen LogP contribution in [-0.2, 0) is 0 Å². The molecule has 3 heteroatoms. The Kier molecular flexibility index (Phi) is 7.89. The lowest BCUT2D eigenvalue weighted by atomic mass is 9.98. The first kappa shape index (κ1) is 10.9. The molecule has 68 valence electrons. The van der Waals surface area contributed by atoms with E-state index in [2.05, 4.69) is 12.3 Å². The van der Waals surface area contributed by atoms with Crippen molar-refractivity contribution in [2.24, 2.45) is 17.5 Å². The third-order valence-corrected chi connectivity index (χ3v) is 1.96. The van der Waals surface area contributed by atoms with Crippen molar-refractivity contribution < 1.29 is 0 Å². The quantitative estimate of drug-likeness (QED) is 0.290. The lowest BCUT2D eigenvalue weighted by Gasteiger charge is -2.12. The number of nitrogens with two attached hydrogens (primary N) is 2. The largest absolute Gasteiger partial charge is 0.330 e. The summed E-state index contributed by atoms with van der Waals surface area (Å²) in [5, 5.41) is 0. The van der Waals surface area contributed by atoms with Gasteiger partial charge in [-0.1, -0.05) is 13.3 Å². The maximum atomic E-state index is 5.59. The minimum atomic E-state index is 0.702. The number of hydrogen-bond donors (Lipinski definition) is 3. The van der Waals surface area contributed by atoms with Gasteiger partial charge in [0.05, 0.1) is 0 Å². The van der Waals surface area contributed by atoms with Crippen molar-refractivity contribution in [2.75, 3.05) is 13.1 Å². The number of hydrazine groups is 1. The van der Waals surface area contributed by atoms with Crippen LogP contribution in [0.5, 0.6) is 0 Å². The first-order valence-electron chi connectivity index (χ1n) is 4.48. The topological polar surface area (TPSA) is 64.1 Å². The number of hydrogen-bond acceptors (Lipinski definition) is 3. The molecule has 0 saturated carbocycles. The molecule has 0 bridgehead atoms. The second-order valence-corrected chi connectivity index (χ2v) is 2.99. The molecule has 0 fully saturated rings. The van der Waals surface area contributed by atoms with E-state index in [-0.39, 0.29) is 0 Å². The first-order valence-corrected chi connectivity index (χ1v) is 4.48. The zero-order chi connectivity index (χ0) is 8.53. The highest BCUT2D eigenvalue weighted by molar-refractivity contribution is 4.59. The molecule has 0 aromatic heterocycles. The molecular formula is C8H21N3. The Labute approximate surface area is 69.5 Å². The second-order valence-electron chi connectivity index (χ2n) is 2.99. The minimum absolute atomic E-state index is 0.702. The van der Waals surface area contributed by atoms with Crippen molar-refractivity contribution in [3.8, 4) is 0 Å². The highest BCUT2D eigenvalue weighted by Crippen LogP contribution is 2.10. The zero-order valence-electron chi connectivity index (χ0n) is 7.47. The van der Waals surface area contributed by atoms with Gasteiger partial charge in [0.1, 0.15) is 0 Å². The van der Waals surface area contributed by atoms with E-state index in [1.165, 1.54) is 19.3 Å². The Bertz CT molecular complexity index is 75.7. The number of nitrogens with one attached hydrogen (secondary N) is 1. The van der Waals surface area contributed by atoms with Crippen LogP contribution in [-0.4, -0.2) is 13.1 Å². The van der Waals surface area contributed by atoms with Crippen LogP contribution in [0.3, 0.4) is 0 Å². The van der Waals surface area contributed by atoms with Crippen molar-refractivity contribution >= 4 is 0 Å². The Morgan fingerprint density at radius 1 is 1.36 bits per heavy atom. The van der Waals surface area contributed by atoms with Crippen molar-refractivity contribution in [2.45, 2.75) is 32.6 Å². The maximum Gasteiger partial charge on any atom is 0.00975 e. The van der Waals surface area contributed by atoms with Crippen LogP contribution in [0.2, 0.25) is 0 Å². The zero-order valence-corrected chi connectivity index (χ0v) is 7.47. The second kappa shape index (κ2) is 7.98. The molecule has 0 spiro atoms. The molecule has 1 atom stereocenters. The van der Waals surface area contributed by atoms with Gasteiger partial charge in [-0.25, -0.2) is 0 Å². The lowest BCUT2D eigenvalue weighted by Crippen LogP contribution is -2.24. The third-order valence-electron chi connectivity index (χ3n) is 1.96. The fourth-order valence-corrected chi connectivity index (χ4v) is 1.28. The smallest absolute Gasteiger partial charge is 0.00975 e. The van der Waals surface area contributed by atoms with Gasteiger partial charge in [-0.15, -0.1) is 0 Å². The van der Waals surface area contributed by atoms with Gasteiger partial charge >= 0.3 is 0 Å². The van der Waals surface area contributed by atoms with E-state index in [0.29, 0.717) is 5.92 Å². The minimum Gasteiger partial charge on any atom is -0.330 e. The van der Waals surface area contributed by atoms with Gasteiger partial charge < -0.3 is 5.73 Å². The molecule has 0 aliphatic heterocycles. The van der Waals surface area contributed by atoms with E-state index in [4.69, 9.17) is 11.6 Å². The van der Waals surface area contributed by atoms with E-state index < -0.39 is 0 Å². The normalized spacial score (nSPS) is 13.4. The molecule has 0 aromatic rings. The predicted octanol–water partition coefficient (Wildman–Crippen LogP) is 0.605. The summed E-state index contributed by atoms with van der Waals surface area (Å²) in [7, 11) is 0. The van der Waals surface area contributed by atoms with E-state index in [0.717, 1.165) is 19.5 Å². The molecular weight excluding hydrogens is 138 g/mol. The molecule has 1 unspecified atom stereocenters. The molecule has 3 nitrogen and oxygen atoms in total. The SMILES string of the molecule is CCCC(CN)CCCNN. The fourth-order valence-electron chi connectivity index (χ4n) is 1.28. The van der Waals surface area contributed by atoms with Crippen LogP contribution in [0.1, 0.15) is 32.6 Å². The average molecular weight is 159 g/mol. The lowest BCUT2D eigenvalue weighted by molar-refractivity contribution is 0.435. The third kappa shape index (κ3) is 6.28. The first-order chi connectivity index (χ1) is 5.35.